The molecule has 0 bridgehead atoms. The predicted octanol–water partition coefficient (Wildman–Crippen LogP) is 3.34. The molecule has 0 spiro atoms. The maximum atomic E-state index is 12.7. The molecule has 2 aromatic rings. The van der Waals surface area contributed by atoms with E-state index in [4.69, 9.17) is 0 Å². The molecule has 0 unspecified atom stereocenters. The van der Waals surface area contributed by atoms with Gasteiger partial charge in [-0.05, 0) is 24.6 Å². The molecule has 1 aromatic carbocycles. The number of alkyl halides is 3. The average Bonchev–Trinajstić information content (AvgIpc) is 2.81. The number of aromatic nitrogens is 2. The third-order valence-electron chi connectivity index (χ3n) is 3.03. The minimum Gasteiger partial charge on any atom is -0.392 e. The summed E-state index contributed by atoms with van der Waals surface area (Å²) in [7, 11) is 0. The molecule has 0 saturated carbocycles. The van der Waals surface area contributed by atoms with Gasteiger partial charge in [0.2, 0.25) is 0 Å². The fourth-order valence-electron chi connectivity index (χ4n) is 2.08. The normalized spacial score (nSPS) is 11.8. The first-order chi connectivity index (χ1) is 9.47. The van der Waals surface area contributed by atoms with Gasteiger partial charge in [0.1, 0.15) is 0 Å². The van der Waals surface area contributed by atoms with Crippen molar-refractivity contribution < 1.29 is 18.3 Å². The molecule has 3 nitrogen and oxygen atoms in total. The molecular formula is C14H15F3N2O. The average molecular weight is 284 g/mol. The van der Waals surface area contributed by atoms with Crippen molar-refractivity contribution in [2.24, 2.45) is 0 Å². The lowest BCUT2D eigenvalue weighted by Crippen LogP contribution is -2.08. The Hall–Kier alpha value is -1.82. The van der Waals surface area contributed by atoms with Crippen molar-refractivity contribution in [3.63, 3.8) is 0 Å². The Kier molecular flexibility index (Phi) is 4.13. The van der Waals surface area contributed by atoms with E-state index < -0.39 is 11.7 Å². The van der Waals surface area contributed by atoms with Crippen molar-refractivity contribution in [3.8, 4) is 5.69 Å². The number of halogens is 3. The Morgan fingerprint density at radius 1 is 1.30 bits per heavy atom. The molecule has 1 N–H and O–H groups in total. The van der Waals surface area contributed by atoms with Crippen molar-refractivity contribution in [2.75, 3.05) is 0 Å². The summed E-state index contributed by atoms with van der Waals surface area (Å²) in [5.41, 5.74) is 1.03. The summed E-state index contributed by atoms with van der Waals surface area (Å²) in [6.45, 7) is 1.79. The van der Waals surface area contributed by atoms with E-state index in [1.807, 2.05) is 6.92 Å². The molecule has 0 aliphatic rings. The van der Waals surface area contributed by atoms with Crippen LogP contribution in [0.25, 0.3) is 5.69 Å². The monoisotopic (exact) mass is 284 g/mol. The van der Waals surface area contributed by atoms with Crippen LogP contribution in [0.3, 0.4) is 0 Å². The topological polar surface area (TPSA) is 38.1 Å². The minimum atomic E-state index is -4.38. The van der Waals surface area contributed by atoms with E-state index in [1.54, 1.807) is 6.07 Å². The Labute approximate surface area is 114 Å². The lowest BCUT2D eigenvalue weighted by Gasteiger charge is -2.11. The number of aliphatic hydroxyl groups excluding tert-OH is 1. The first-order valence-corrected chi connectivity index (χ1v) is 6.31. The second-order valence-electron chi connectivity index (χ2n) is 4.48. The van der Waals surface area contributed by atoms with E-state index in [0.29, 0.717) is 17.7 Å². The standard InChI is InChI=1S/C14H15F3N2O/c1-2-4-13-10(9-20)8-18-19(13)12-6-3-5-11(7-12)14(15,16)17/h3,5-8,20H,2,4,9H2,1H3. The van der Waals surface area contributed by atoms with E-state index in [-0.39, 0.29) is 6.61 Å². The Morgan fingerprint density at radius 3 is 2.65 bits per heavy atom. The summed E-state index contributed by atoms with van der Waals surface area (Å²) in [5.74, 6) is 0. The van der Waals surface area contributed by atoms with Gasteiger partial charge in [0.25, 0.3) is 0 Å². The summed E-state index contributed by atoms with van der Waals surface area (Å²) in [5, 5.41) is 13.3. The van der Waals surface area contributed by atoms with Gasteiger partial charge in [-0.3, -0.25) is 0 Å². The number of rotatable bonds is 4. The van der Waals surface area contributed by atoms with Gasteiger partial charge in [-0.2, -0.15) is 18.3 Å². The second kappa shape index (κ2) is 5.66. The summed E-state index contributed by atoms with van der Waals surface area (Å²) in [4.78, 5) is 0. The molecule has 0 atom stereocenters. The van der Waals surface area contributed by atoms with Gasteiger partial charge >= 0.3 is 6.18 Å². The highest BCUT2D eigenvalue weighted by Gasteiger charge is 2.30. The predicted molar refractivity (Wildman–Crippen MR) is 68.5 cm³/mol. The van der Waals surface area contributed by atoms with Crippen LogP contribution in [0.2, 0.25) is 0 Å². The van der Waals surface area contributed by atoms with Gasteiger partial charge in [-0.25, -0.2) is 4.68 Å². The number of aliphatic hydroxyl groups is 1. The molecular weight excluding hydrogens is 269 g/mol. The highest BCUT2D eigenvalue weighted by atomic mass is 19.4. The Morgan fingerprint density at radius 2 is 2.05 bits per heavy atom. The van der Waals surface area contributed by atoms with E-state index in [1.165, 1.54) is 16.9 Å². The van der Waals surface area contributed by atoms with Gasteiger partial charge in [-0.1, -0.05) is 19.4 Å². The molecule has 1 heterocycles. The number of hydrogen-bond acceptors (Lipinski definition) is 2. The van der Waals surface area contributed by atoms with Crippen LogP contribution in [-0.4, -0.2) is 14.9 Å². The zero-order valence-corrected chi connectivity index (χ0v) is 11.0. The first kappa shape index (κ1) is 14.6. The van der Waals surface area contributed by atoms with Crippen LogP contribution < -0.4 is 0 Å². The van der Waals surface area contributed by atoms with Crippen LogP contribution in [0.15, 0.2) is 30.5 Å². The smallest absolute Gasteiger partial charge is 0.392 e. The zero-order valence-electron chi connectivity index (χ0n) is 11.0. The Balaban J connectivity index is 2.49. The third kappa shape index (κ3) is 2.85. The fourth-order valence-corrected chi connectivity index (χ4v) is 2.08. The van der Waals surface area contributed by atoms with E-state index in [0.717, 1.165) is 24.2 Å². The fraction of sp³-hybridized carbons (Fsp3) is 0.357. The summed E-state index contributed by atoms with van der Waals surface area (Å²) in [6, 6.07) is 5.02. The van der Waals surface area contributed by atoms with E-state index >= 15 is 0 Å². The molecule has 0 fully saturated rings. The number of hydrogen-bond donors (Lipinski definition) is 1. The highest BCUT2D eigenvalue weighted by Crippen LogP contribution is 2.30. The molecule has 0 saturated heterocycles. The van der Waals surface area contributed by atoms with Gasteiger partial charge < -0.3 is 5.11 Å². The zero-order chi connectivity index (χ0) is 14.8. The van der Waals surface area contributed by atoms with Crippen molar-refractivity contribution in [3.05, 3.63) is 47.3 Å². The number of nitrogens with zero attached hydrogens (tertiary/aromatic N) is 2. The van der Waals surface area contributed by atoms with Crippen LogP contribution in [0.5, 0.6) is 0 Å². The van der Waals surface area contributed by atoms with Crippen molar-refractivity contribution in [1.82, 2.24) is 9.78 Å². The van der Waals surface area contributed by atoms with Gasteiger partial charge in [0.15, 0.2) is 0 Å². The number of benzene rings is 1. The molecule has 0 aliphatic heterocycles. The molecule has 2 rings (SSSR count). The van der Waals surface area contributed by atoms with Crippen molar-refractivity contribution in [1.29, 1.82) is 0 Å². The van der Waals surface area contributed by atoms with Gasteiger partial charge in [-0.15, -0.1) is 0 Å². The molecule has 6 heteroatoms. The van der Waals surface area contributed by atoms with Crippen molar-refractivity contribution >= 4 is 0 Å². The van der Waals surface area contributed by atoms with E-state index in [2.05, 4.69) is 5.10 Å². The molecule has 0 aliphatic carbocycles. The summed E-state index contributed by atoms with van der Waals surface area (Å²) >= 11 is 0. The van der Waals surface area contributed by atoms with Crippen LogP contribution in [-0.2, 0) is 19.2 Å². The highest BCUT2D eigenvalue weighted by molar-refractivity contribution is 5.39. The maximum absolute atomic E-state index is 12.7. The van der Waals surface area contributed by atoms with Gasteiger partial charge in [0, 0.05) is 11.3 Å². The molecule has 0 amide bonds. The van der Waals surface area contributed by atoms with Crippen molar-refractivity contribution in [2.45, 2.75) is 32.5 Å². The lowest BCUT2D eigenvalue weighted by atomic mass is 10.1. The molecule has 0 radical (unpaired) electrons. The van der Waals surface area contributed by atoms with Crippen LogP contribution in [0.4, 0.5) is 13.2 Å². The van der Waals surface area contributed by atoms with Crippen LogP contribution in [0.1, 0.15) is 30.2 Å². The SMILES string of the molecule is CCCc1c(CO)cnn1-c1cccc(C(F)(F)F)c1. The maximum Gasteiger partial charge on any atom is 0.416 e. The largest absolute Gasteiger partial charge is 0.416 e. The quantitative estimate of drug-likeness (QED) is 0.935. The molecule has 108 valence electrons. The third-order valence-corrected chi connectivity index (χ3v) is 3.03. The van der Waals surface area contributed by atoms with Crippen LogP contribution >= 0.6 is 0 Å². The van der Waals surface area contributed by atoms with Gasteiger partial charge in [0.05, 0.1) is 24.1 Å². The van der Waals surface area contributed by atoms with E-state index in [9.17, 15) is 18.3 Å². The van der Waals surface area contributed by atoms with Crippen LogP contribution in [0, 0.1) is 0 Å². The molecule has 20 heavy (non-hydrogen) atoms. The summed E-state index contributed by atoms with van der Waals surface area (Å²) in [6.07, 6.45) is -1.43. The molecule has 1 aromatic heterocycles. The lowest BCUT2D eigenvalue weighted by molar-refractivity contribution is -0.137. The second-order valence-corrected chi connectivity index (χ2v) is 4.48. The Bertz CT molecular complexity index is 590. The summed E-state index contributed by atoms with van der Waals surface area (Å²) < 4.78 is 39.7. The minimum absolute atomic E-state index is 0.172. The first-order valence-electron chi connectivity index (χ1n) is 6.31.